The van der Waals surface area contributed by atoms with Crippen molar-refractivity contribution in [2.45, 2.75) is 6.92 Å². The van der Waals surface area contributed by atoms with Gasteiger partial charge in [0.2, 0.25) is 0 Å². The molecule has 0 aliphatic carbocycles. The van der Waals surface area contributed by atoms with Crippen LogP contribution in [0.1, 0.15) is 16.4 Å². The highest BCUT2D eigenvalue weighted by molar-refractivity contribution is 5.99. The fourth-order valence-electron chi connectivity index (χ4n) is 2.04. The normalized spacial score (nSPS) is 11.4. The molecule has 0 spiro atoms. The average molecular weight is 252 g/mol. The second-order valence-electron chi connectivity index (χ2n) is 4.17. The Morgan fingerprint density at radius 3 is 2.89 bits per heavy atom. The van der Waals surface area contributed by atoms with E-state index in [1.165, 1.54) is 6.08 Å². The molecule has 0 aliphatic heterocycles. The molecule has 2 heterocycles. The average Bonchev–Trinajstić information content (AvgIpc) is 3.02. The Balaban J connectivity index is 2.00. The summed E-state index contributed by atoms with van der Waals surface area (Å²) in [6.45, 7) is 1.82. The van der Waals surface area contributed by atoms with Gasteiger partial charge in [0.05, 0.1) is 17.3 Å². The summed E-state index contributed by atoms with van der Waals surface area (Å²) < 4.78 is 6.75. The Kier molecular flexibility index (Phi) is 2.76. The number of carbonyl (C=O) groups excluding carboxylic acids is 1. The molecule has 0 saturated carbocycles. The lowest BCUT2D eigenvalue weighted by molar-refractivity contribution is 0.0972. The van der Waals surface area contributed by atoms with Crippen LogP contribution in [0, 0.1) is 6.92 Å². The minimum absolute atomic E-state index is 0.136. The summed E-state index contributed by atoms with van der Waals surface area (Å²) in [4.78, 5) is 16.6. The molecule has 4 heteroatoms. The van der Waals surface area contributed by atoms with Crippen LogP contribution < -0.4 is 0 Å². The first-order valence-corrected chi connectivity index (χ1v) is 5.96. The van der Waals surface area contributed by atoms with Crippen LogP contribution in [-0.2, 0) is 0 Å². The molecule has 1 aromatic carbocycles. The third-order valence-corrected chi connectivity index (χ3v) is 2.88. The fraction of sp³-hybridized carbons (Fsp3) is 0.0667. The van der Waals surface area contributed by atoms with Crippen molar-refractivity contribution in [2.75, 3.05) is 0 Å². The number of carbonyl (C=O) groups is 1. The summed E-state index contributed by atoms with van der Waals surface area (Å²) in [5, 5.41) is 0. The van der Waals surface area contributed by atoms with E-state index in [2.05, 4.69) is 4.98 Å². The number of benzene rings is 1. The van der Waals surface area contributed by atoms with Crippen molar-refractivity contribution in [1.82, 2.24) is 9.55 Å². The SMILES string of the molecule is Cc1nc2ccccc2n1C(=O)/C=C/c1ccco1. The molecule has 19 heavy (non-hydrogen) atoms. The molecule has 0 aliphatic rings. The molecule has 0 amide bonds. The monoisotopic (exact) mass is 252 g/mol. The highest BCUT2D eigenvalue weighted by Crippen LogP contribution is 2.15. The van der Waals surface area contributed by atoms with Gasteiger partial charge >= 0.3 is 0 Å². The number of aryl methyl sites for hydroxylation is 1. The van der Waals surface area contributed by atoms with Crippen molar-refractivity contribution in [3.8, 4) is 0 Å². The maximum absolute atomic E-state index is 12.2. The minimum Gasteiger partial charge on any atom is -0.465 e. The summed E-state index contributed by atoms with van der Waals surface area (Å²) in [7, 11) is 0. The molecule has 0 bridgehead atoms. The predicted molar refractivity (Wildman–Crippen MR) is 72.8 cm³/mol. The van der Waals surface area contributed by atoms with E-state index >= 15 is 0 Å². The topological polar surface area (TPSA) is 48.0 Å². The van der Waals surface area contributed by atoms with Crippen molar-refractivity contribution in [3.05, 3.63) is 60.3 Å². The molecule has 94 valence electrons. The lowest BCUT2D eigenvalue weighted by Gasteiger charge is -2.00. The van der Waals surface area contributed by atoms with Gasteiger partial charge in [0.25, 0.3) is 5.91 Å². The van der Waals surface area contributed by atoms with Crippen LogP contribution >= 0.6 is 0 Å². The molecule has 0 unspecified atom stereocenters. The molecule has 2 aromatic heterocycles. The van der Waals surface area contributed by atoms with Gasteiger partial charge in [0.1, 0.15) is 11.6 Å². The largest absolute Gasteiger partial charge is 0.465 e. The lowest BCUT2D eigenvalue weighted by atomic mass is 10.3. The van der Waals surface area contributed by atoms with Crippen LogP contribution in [0.15, 0.2) is 53.2 Å². The van der Waals surface area contributed by atoms with E-state index < -0.39 is 0 Å². The van der Waals surface area contributed by atoms with Crippen molar-refractivity contribution < 1.29 is 9.21 Å². The standard InChI is InChI=1S/C15H12N2O2/c1-11-16-13-6-2-3-7-14(13)17(11)15(18)9-8-12-5-4-10-19-12/h2-10H,1H3/b9-8+. The minimum atomic E-state index is -0.136. The van der Waals surface area contributed by atoms with Crippen LogP contribution in [0.3, 0.4) is 0 Å². The van der Waals surface area contributed by atoms with Crippen LogP contribution in [0.2, 0.25) is 0 Å². The number of fused-ring (bicyclic) bond motifs is 1. The zero-order valence-corrected chi connectivity index (χ0v) is 10.4. The lowest BCUT2D eigenvalue weighted by Crippen LogP contribution is -2.08. The van der Waals surface area contributed by atoms with E-state index in [1.54, 1.807) is 29.0 Å². The molecule has 3 rings (SSSR count). The number of nitrogens with zero attached hydrogens (tertiary/aromatic N) is 2. The number of aromatic nitrogens is 2. The summed E-state index contributed by atoms with van der Waals surface area (Å²) >= 11 is 0. The molecule has 4 nitrogen and oxygen atoms in total. The number of furan rings is 1. The van der Waals surface area contributed by atoms with E-state index in [0.29, 0.717) is 11.6 Å². The number of imidazole rings is 1. The molecular formula is C15H12N2O2. The van der Waals surface area contributed by atoms with Gasteiger partial charge in [-0.25, -0.2) is 4.98 Å². The second-order valence-corrected chi connectivity index (χ2v) is 4.17. The zero-order chi connectivity index (χ0) is 13.2. The number of hydrogen-bond donors (Lipinski definition) is 0. The number of hydrogen-bond acceptors (Lipinski definition) is 3. The third kappa shape index (κ3) is 2.08. The van der Waals surface area contributed by atoms with Crippen LogP contribution in [-0.4, -0.2) is 15.5 Å². The van der Waals surface area contributed by atoms with Gasteiger partial charge < -0.3 is 4.42 Å². The summed E-state index contributed by atoms with van der Waals surface area (Å²) in [6, 6.07) is 11.1. The Hall–Kier alpha value is -2.62. The van der Waals surface area contributed by atoms with Crippen molar-refractivity contribution in [3.63, 3.8) is 0 Å². The highest BCUT2D eigenvalue weighted by atomic mass is 16.3. The summed E-state index contributed by atoms with van der Waals surface area (Å²) in [6.07, 6.45) is 4.71. The van der Waals surface area contributed by atoms with E-state index in [0.717, 1.165) is 11.0 Å². The maximum Gasteiger partial charge on any atom is 0.256 e. The predicted octanol–water partition coefficient (Wildman–Crippen LogP) is 3.29. The Labute approximate surface area is 110 Å². The Morgan fingerprint density at radius 2 is 2.11 bits per heavy atom. The highest BCUT2D eigenvalue weighted by Gasteiger charge is 2.11. The van der Waals surface area contributed by atoms with E-state index in [1.807, 2.05) is 31.2 Å². The molecular weight excluding hydrogens is 240 g/mol. The number of rotatable bonds is 2. The van der Waals surface area contributed by atoms with Crippen molar-refractivity contribution in [1.29, 1.82) is 0 Å². The summed E-state index contributed by atoms with van der Waals surface area (Å²) in [5.41, 5.74) is 1.63. The first kappa shape index (κ1) is 11.5. The second kappa shape index (κ2) is 4.57. The third-order valence-electron chi connectivity index (χ3n) is 2.88. The van der Waals surface area contributed by atoms with E-state index in [4.69, 9.17) is 4.42 Å². The Morgan fingerprint density at radius 1 is 1.26 bits per heavy atom. The van der Waals surface area contributed by atoms with Gasteiger partial charge in [-0.1, -0.05) is 12.1 Å². The molecule has 0 atom stereocenters. The maximum atomic E-state index is 12.2. The van der Waals surface area contributed by atoms with Gasteiger partial charge in [-0.3, -0.25) is 9.36 Å². The molecule has 0 N–H and O–H groups in total. The molecule has 3 aromatic rings. The quantitative estimate of drug-likeness (QED) is 0.657. The zero-order valence-electron chi connectivity index (χ0n) is 10.4. The first-order chi connectivity index (χ1) is 9.25. The van der Waals surface area contributed by atoms with E-state index in [9.17, 15) is 4.79 Å². The van der Waals surface area contributed by atoms with Gasteiger partial charge in [0, 0.05) is 6.08 Å². The van der Waals surface area contributed by atoms with Crippen LogP contribution in [0.25, 0.3) is 17.1 Å². The van der Waals surface area contributed by atoms with Gasteiger partial charge in [0.15, 0.2) is 0 Å². The molecule has 0 fully saturated rings. The van der Waals surface area contributed by atoms with E-state index in [-0.39, 0.29) is 5.91 Å². The van der Waals surface area contributed by atoms with Gasteiger partial charge in [-0.05, 0) is 37.3 Å². The van der Waals surface area contributed by atoms with Crippen LogP contribution in [0.5, 0.6) is 0 Å². The number of para-hydroxylation sites is 2. The summed E-state index contributed by atoms with van der Waals surface area (Å²) in [5.74, 6) is 1.19. The fourth-order valence-corrected chi connectivity index (χ4v) is 2.04. The number of allylic oxidation sites excluding steroid dienone is 1. The van der Waals surface area contributed by atoms with Gasteiger partial charge in [-0.15, -0.1) is 0 Å². The van der Waals surface area contributed by atoms with Gasteiger partial charge in [-0.2, -0.15) is 0 Å². The van der Waals surface area contributed by atoms with Crippen molar-refractivity contribution in [2.24, 2.45) is 0 Å². The molecule has 0 saturated heterocycles. The molecule has 0 radical (unpaired) electrons. The van der Waals surface area contributed by atoms with Crippen molar-refractivity contribution >= 4 is 23.0 Å². The Bertz CT molecular complexity index is 752. The van der Waals surface area contributed by atoms with Crippen LogP contribution in [0.4, 0.5) is 0 Å². The smallest absolute Gasteiger partial charge is 0.256 e. The first-order valence-electron chi connectivity index (χ1n) is 5.96.